The van der Waals surface area contributed by atoms with Gasteiger partial charge in [0.2, 0.25) is 0 Å². The first kappa shape index (κ1) is 52.9. The fourth-order valence-electron chi connectivity index (χ4n) is 13.4. The lowest BCUT2D eigenvalue weighted by Crippen LogP contribution is -1.94. The quantitative estimate of drug-likeness (QED) is 0.115. The van der Waals surface area contributed by atoms with E-state index in [9.17, 15) is 0 Å². The number of rotatable bonds is 12. The summed E-state index contributed by atoms with van der Waals surface area (Å²) in [4.78, 5) is 0. The zero-order chi connectivity index (χ0) is 59.0. The monoisotopic (exact) mass is 1130 g/mol. The van der Waals surface area contributed by atoms with E-state index < -0.39 is 0 Å². The molecular weight excluding hydrogens is 1070 g/mol. The average molecular weight is 1130 g/mol. The third-order valence-electron chi connectivity index (χ3n) is 17.8. The first-order valence-electron chi connectivity index (χ1n) is 30.7. The van der Waals surface area contributed by atoms with E-state index in [-0.39, 0.29) is 0 Å². The van der Waals surface area contributed by atoms with E-state index in [1.165, 1.54) is 133 Å². The van der Waals surface area contributed by atoms with Crippen molar-refractivity contribution in [3.8, 4) is 128 Å². The standard InChI is InChI=1S/C88H59N/c1-7-21-60(22-8-1)70-39-47-77(81(54-70)64-26-11-3-12-27-64)72-41-49-79(83(56-72)66-30-15-5-16-31-66)74-43-51-87-85(58-74)86-59-75(44-52-88(86)89(87)76-45-37-63(38-46-76)69-36-35-62-25-19-20-34-68(62)53-69)80-50-42-73(57-84(80)67-32-17-6-18-33-67)78-48-40-71(61-23-9-2-10-24-61)55-82(78)65-28-13-4-14-29-65/h1-59H. The molecule has 16 rings (SSSR count). The summed E-state index contributed by atoms with van der Waals surface area (Å²) in [7, 11) is 0. The van der Waals surface area contributed by atoms with Crippen LogP contribution in [0, 0.1) is 0 Å². The van der Waals surface area contributed by atoms with Gasteiger partial charge in [-0.25, -0.2) is 0 Å². The van der Waals surface area contributed by atoms with Gasteiger partial charge >= 0.3 is 0 Å². The summed E-state index contributed by atoms with van der Waals surface area (Å²) in [5.74, 6) is 0. The molecule has 0 aliphatic rings. The summed E-state index contributed by atoms with van der Waals surface area (Å²) >= 11 is 0. The highest BCUT2D eigenvalue weighted by Crippen LogP contribution is 2.46. The maximum absolute atomic E-state index is 2.46. The molecule has 0 saturated heterocycles. The van der Waals surface area contributed by atoms with Crippen molar-refractivity contribution in [2.75, 3.05) is 0 Å². The Labute approximate surface area is 520 Å². The molecule has 15 aromatic carbocycles. The molecule has 0 radical (unpaired) electrons. The van der Waals surface area contributed by atoms with E-state index in [4.69, 9.17) is 0 Å². The summed E-state index contributed by atoms with van der Waals surface area (Å²) in [6, 6.07) is 132. The van der Waals surface area contributed by atoms with Crippen LogP contribution in [0.3, 0.4) is 0 Å². The van der Waals surface area contributed by atoms with Crippen LogP contribution in [0.25, 0.3) is 161 Å². The van der Waals surface area contributed by atoms with Crippen molar-refractivity contribution in [1.29, 1.82) is 0 Å². The summed E-state index contributed by atoms with van der Waals surface area (Å²) in [5, 5.41) is 4.86. The SMILES string of the molecule is c1ccc(-c2ccc(-c3ccc(-c4ccc5c(c4)c4cc(-c6ccc(-c7ccc(-c8ccccc8)cc7-c7ccccc7)cc6-c6ccccc6)ccc4n5-c4ccc(-c5ccc6ccccc6c5)cc4)c(-c4ccccc4)c3)c(-c3ccccc3)c2)cc1. The van der Waals surface area contributed by atoms with Crippen LogP contribution in [-0.4, -0.2) is 4.57 Å². The minimum atomic E-state index is 1.11. The summed E-state index contributed by atoms with van der Waals surface area (Å²) in [6.07, 6.45) is 0. The van der Waals surface area contributed by atoms with Gasteiger partial charge in [0.25, 0.3) is 0 Å². The van der Waals surface area contributed by atoms with Gasteiger partial charge in [-0.3, -0.25) is 0 Å². The van der Waals surface area contributed by atoms with E-state index in [1.807, 2.05) is 0 Å². The molecular formula is C88H59N. The molecule has 1 aromatic heterocycles. The maximum Gasteiger partial charge on any atom is 0.0541 e. The Morgan fingerprint density at radius 1 is 0.146 bits per heavy atom. The van der Waals surface area contributed by atoms with Crippen LogP contribution in [0.4, 0.5) is 0 Å². The fraction of sp³-hybridized carbons (Fsp3) is 0. The Bertz CT molecular complexity index is 4970. The number of fused-ring (bicyclic) bond motifs is 4. The zero-order valence-electron chi connectivity index (χ0n) is 49.0. The van der Waals surface area contributed by atoms with E-state index in [2.05, 4.69) is 362 Å². The van der Waals surface area contributed by atoms with Gasteiger partial charge in [0.15, 0.2) is 0 Å². The van der Waals surface area contributed by atoms with Gasteiger partial charge in [0.1, 0.15) is 0 Å². The predicted octanol–water partition coefficient (Wildman–Crippen LogP) is 24.3. The lowest BCUT2D eigenvalue weighted by atomic mass is 9.87. The summed E-state index contributed by atoms with van der Waals surface area (Å²) in [6.45, 7) is 0. The molecule has 0 unspecified atom stereocenters. The van der Waals surface area contributed by atoms with Gasteiger partial charge in [-0.1, -0.05) is 291 Å². The van der Waals surface area contributed by atoms with E-state index >= 15 is 0 Å². The van der Waals surface area contributed by atoms with Crippen LogP contribution in [0.5, 0.6) is 0 Å². The first-order chi connectivity index (χ1) is 44.1. The minimum absolute atomic E-state index is 1.11. The van der Waals surface area contributed by atoms with Crippen molar-refractivity contribution in [3.05, 3.63) is 358 Å². The number of hydrogen-bond donors (Lipinski definition) is 0. The average Bonchev–Trinajstić information content (AvgIpc) is 1.73. The molecule has 0 aliphatic carbocycles. The van der Waals surface area contributed by atoms with Gasteiger partial charge in [0, 0.05) is 16.5 Å². The molecule has 1 heterocycles. The topological polar surface area (TPSA) is 4.93 Å². The summed E-state index contributed by atoms with van der Waals surface area (Å²) < 4.78 is 2.46. The molecule has 0 fully saturated rings. The van der Waals surface area contributed by atoms with Gasteiger partial charge in [-0.05, 0) is 200 Å². The van der Waals surface area contributed by atoms with Gasteiger partial charge in [0.05, 0.1) is 11.0 Å². The van der Waals surface area contributed by atoms with Crippen molar-refractivity contribution in [2.24, 2.45) is 0 Å². The second-order valence-electron chi connectivity index (χ2n) is 23.1. The molecule has 0 aliphatic heterocycles. The smallest absolute Gasteiger partial charge is 0.0541 e. The maximum atomic E-state index is 2.46. The van der Waals surface area contributed by atoms with E-state index in [0.717, 1.165) is 27.8 Å². The predicted molar refractivity (Wildman–Crippen MR) is 378 cm³/mol. The number of benzene rings is 15. The highest BCUT2D eigenvalue weighted by Gasteiger charge is 2.21. The van der Waals surface area contributed by atoms with E-state index in [1.54, 1.807) is 0 Å². The number of aromatic nitrogens is 1. The zero-order valence-corrected chi connectivity index (χ0v) is 49.0. The van der Waals surface area contributed by atoms with E-state index in [0.29, 0.717) is 0 Å². The molecule has 416 valence electrons. The number of hydrogen-bond acceptors (Lipinski definition) is 0. The highest BCUT2D eigenvalue weighted by molar-refractivity contribution is 6.13. The molecule has 0 bridgehead atoms. The third-order valence-corrected chi connectivity index (χ3v) is 17.8. The second kappa shape index (κ2) is 23.0. The molecule has 0 N–H and O–H groups in total. The largest absolute Gasteiger partial charge is 0.309 e. The molecule has 0 atom stereocenters. The first-order valence-corrected chi connectivity index (χ1v) is 30.7. The van der Waals surface area contributed by atoms with Crippen molar-refractivity contribution >= 4 is 32.6 Å². The van der Waals surface area contributed by atoms with Crippen molar-refractivity contribution in [3.63, 3.8) is 0 Å². The van der Waals surface area contributed by atoms with Crippen LogP contribution in [0.1, 0.15) is 0 Å². The Morgan fingerprint density at radius 2 is 0.416 bits per heavy atom. The van der Waals surface area contributed by atoms with Crippen LogP contribution in [0.15, 0.2) is 358 Å². The van der Waals surface area contributed by atoms with Crippen molar-refractivity contribution < 1.29 is 0 Å². The van der Waals surface area contributed by atoms with Gasteiger partial charge in [-0.15, -0.1) is 0 Å². The van der Waals surface area contributed by atoms with Crippen molar-refractivity contribution in [2.45, 2.75) is 0 Å². The molecule has 0 amide bonds. The Morgan fingerprint density at radius 3 is 0.809 bits per heavy atom. The van der Waals surface area contributed by atoms with Crippen LogP contribution in [0.2, 0.25) is 0 Å². The fourth-order valence-corrected chi connectivity index (χ4v) is 13.4. The third kappa shape index (κ3) is 10.1. The van der Waals surface area contributed by atoms with Crippen LogP contribution >= 0.6 is 0 Å². The lowest BCUT2D eigenvalue weighted by molar-refractivity contribution is 1.18. The lowest BCUT2D eigenvalue weighted by Gasteiger charge is -2.17. The van der Waals surface area contributed by atoms with Gasteiger partial charge in [-0.2, -0.15) is 0 Å². The van der Waals surface area contributed by atoms with Crippen LogP contribution < -0.4 is 0 Å². The minimum Gasteiger partial charge on any atom is -0.309 e. The summed E-state index contributed by atoms with van der Waals surface area (Å²) in [5.41, 5.74) is 29.4. The molecule has 89 heavy (non-hydrogen) atoms. The van der Waals surface area contributed by atoms with Gasteiger partial charge < -0.3 is 4.57 Å². The molecule has 0 spiro atoms. The Kier molecular flexibility index (Phi) is 13.7. The normalized spacial score (nSPS) is 11.4. The number of nitrogens with zero attached hydrogens (tertiary/aromatic N) is 1. The Hall–Kier alpha value is -11.6. The highest BCUT2D eigenvalue weighted by atomic mass is 15.0. The molecule has 1 nitrogen and oxygen atoms in total. The Balaban J connectivity index is 0.871. The molecule has 0 saturated carbocycles. The molecule has 1 heteroatoms. The van der Waals surface area contributed by atoms with Crippen molar-refractivity contribution in [1.82, 2.24) is 4.57 Å². The second-order valence-corrected chi connectivity index (χ2v) is 23.1. The molecule has 16 aromatic rings. The van der Waals surface area contributed by atoms with Crippen LogP contribution in [-0.2, 0) is 0 Å².